The van der Waals surface area contributed by atoms with Crippen LogP contribution in [0.15, 0.2) is 76.6 Å². The minimum Gasteiger partial charge on any atom is -0.334 e. The summed E-state index contributed by atoms with van der Waals surface area (Å²) in [4.78, 5) is 17.1. The normalized spacial score (nSPS) is 10.6. The van der Waals surface area contributed by atoms with E-state index in [1.54, 1.807) is 6.07 Å². The van der Waals surface area contributed by atoms with Crippen LogP contribution in [0, 0.1) is 0 Å². The van der Waals surface area contributed by atoms with Crippen molar-refractivity contribution in [3.63, 3.8) is 0 Å². The Bertz CT molecular complexity index is 977. The second kappa shape index (κ2) is 6.70. The van der Waals surface area contributed by atoms with Crippen molar-refractivity contribution >= 4 is 22.9 Å². The average molecular weight is 347 g/mol. The molecule has 0 aliphatic heterocycles. The van der Waals surface area contributed by atoms with E-state index in [1.807, 2.05) is 66.0 Å². The molecule has 5 nitrogen and oxygen atoms in total. The van der Waals surface area contributed by atoms with Crippen molar-refractivity contribution < 1.29 is 9.32 Å². The summed E-state index contributed by atoms with van der Waals surface area (Å²) in [6.45, 7) is 0. The molecule has 2 aromatic carbocycles. The lowest BCUT2D eigenvalue weighted by molar-refractivity contribution is 0.103. The van der Waals surface area contributed by atoms with Crippen molar-refractivity contribution in [3.05, 3.63) is 77.0 Å². The van der Waals surface area contributed by atoms with Crippen molar-refractivity contribution in [2.45, 2.75) is 0 Å². The highest BCUT2D eigenvalue weighted by molar-refractivity contribution is 7.12. The predicted molar refractivity (Wildman–Crippen MR) is 97.4 cm³/mol. The summed E-state index contributed by atoms with van der Waals surface area (Å²) in [5, 5.41) is 8.74. The maximum Gasteiger partial charge on any atom is 0.265 e. The van der Waals surface area contributed by atoms with Crippen LogP contribution >= 0.6 is 11.3 Å². The van der Waals surface area contributed by atoms with Gasteiger partial charge in [0.15, 0.2) is 0 Å². The van der Waals surface area contributed by atoms with Crippen LogP contribution in [-0.2, 0) is 0 Å². The predicted octanol–water partition coefficient (Wildman–Crippen LogP) is 4.72. The number of carbonyl (C=O) groups is 1. The maximum atomic E-state index is 12.0. The zero-order valence-electron chi connectivity index (χ0n) is 13.0. The van der Waals surface area contributed by atoms with Crippen molar-refractivity contribution in [2.75, 3.05) is 5.32 Å². The molecule has 6 heteroatoms. The number of aromatic nitrogens is 2. The zero-order chi connectivity index (χ0) is 17.1. The molecule has 4 aromatic rings. The molecule has 1 amide bonds. The van der Waals surface area contributed by atoms with E-state index in [-0.39, 0.29) is 5.91 Å². The molecule has 4 rings (SSSR count). The summed E-state index contributed by atoms with van der Waals surface area (Å²) in [5.41, 5.74) is 2.41. The molecule has 0 fully saturated rings. The standard InChI is InChI=1S/C19H13N3O2S/c23-18(16-7-4-12-25-16)20-15-10-8-14(9-11-15)19-21-17(22-24-19)13-5-2-1-3-6-13/h1-12H,(H,20,23). The molecule has 0 aliphatic carbocycles. The van der Waals surface area contributed by atoms with Gasteiger partial charge in [-0.05, 0) is 35.7 Å². The van der Waals surface area contributed by atoms with Gasteiger partial charge in [-0.3, -0.25) is 4.79 Å². The van der Waals surface area contributed by atoms with E-state index >= 15 is 0 Å². The van der Waals surface area contributed by atoms with E-state index < -0.39 is 0 Å². The van der Waals surface area contributed by atoms with Crippen LogP contribution in [0.1, 0.15) is 9.67 Å². The molecular weight excluding hydrogens is 334 g/mol. The van der Waals surface area contributed by atoms with E-state index in [4.69, 9.17) is 4.52 Å². The molecule has 0 atom stereocenters. The van der Waals surface area contributed by atoms with Gasteiger partial charge in [0.25, 0.3) is 11.8 Å². The number of rotatable bonds is 4. The molecule has 0 spiro atoms. The summed E-state index contributed by atoms with van der Waals surface area (Å²) in [6.07, 6.45) is 0. The van der Waals surface area contributed by atoms with Gasteiger partial charge >= 0.3 is 0 Å². The van der Waals surface area contributed by atoms with Gasteiger partial charge in [-0.25, -0.2) is 0 Å². The number of hydrogen-bond donors (Lipinski definition) is 1. The number of amides is 1. The highest BCUT2D eigenvalue weighted by atomic mass is 32.1. The van der Waals surface area contributed by atoms with Gasteiger partial charge in [-0.2, -0.15) is 4.98 Å². The second-order valence-corrected chi connectivity index (χ2v) is 6.25. The molecule has 25 heavy (non-hydrogen) atoms. The van der Waals surface area contributed by atoms with Crippen molar-refractivity contribution in [1.82, 2.24) is 10.1 Å². The van der Waals surface area contributed by atoms with Gasteiger partial charge in [-0.15, -0.1) is 11.3 Å². The first-order valence-electron chi connectivity index (χ1n) is 7.64. The van der Waals surface area contributed by atoms with Gasteiger partial charge < -0.3 is 9.84 Å². The lowest BCUT2D eigenvalue weighted by atomic mass is 10.2. The van der Waals surface area contributed by atoms with Gasteiger partial charge in [0.2, 0.25) is 5.82 Å². The number of anilines is 1. The lowest BCUT2D eigenvalue weighted by Gasteiger charge is -2.03. The smallest absolute Gasteiger partial charge is 0.265 e. The summed E-state index contributed by atoms with van der Waals surface area (Å²) in [6, 6.07) is 20.6. The number of carbonyl (C=O) groups excluding carboxylic acids is 1. The monoisotopic (exact) mass is 347 g/mol. The summed E-state index contributed by atoms with van der Waals surface area (Å²) in [7, 11) is 0. The topological polar surface area (TPSA) is 68.0 Å². The summed E-state index contributed by atoms with van der Waals surface area (Å²) in [5.74, 6) is 0.868. The molecule has 1 N–H and O–H groups in total. The second-order valence-electron chi connectivity index (χ2n) is 5.30. The molecule has 2 aromatic heterocycles. The van der Waals surface area contributed by atoms with Crippen LogP contribution in [0.2, 0.25) is 0 Å². The third-order valence-corrected chi connectivity index (χ3v) is 4.46. The zero-order valence-corrected chi connectivity index (χ0v) is 13.9. The Kier molecular flexibility index (Phi) is 4.10. The highest BCUT2D eigenvalue weighted by Gasteiger charge is 2.11. The highest BCUT2D eigenvalue weighted by Crippen LogP contribution is 2.23. The minimum absolute atomic E-state index is 0.119. The van der Waals surface area contributed by atoms with Gasteiger partial charge in [-0.1, -0.05) is 41.6 Å². The largest absolute Gasteiger partial charge is 0.334 e. The molecule has 0 saturated heterocycles. The summed E-state index contributed by atoms with van der Waals surface area (Å²) < 4.78 is 5.34. The number of hydrogen-bond acceptors (Lipinski definition) is 5. The number of nitrogens with zero attached hydrogens (tertiary/aromatic N) is 2. The molecule has 0 radical (unpaired) electrons. The molecular formula is C19H13N3O2S. The van der Waals surface area contributed by atoms with Crippen molar-refractivity contribution in [1.29, 1.82) is 0 Å². The van der Waals surface area contributed by atoms with Crippen LogP contribution in [0.25, 0.3) is 22.8 Å². The molecule has 0 saturated carbocycles. The molecule has 122 valence electrons. The Morgan fingerprint density at radius 1 is 0.920 bits per heavy atom. The van der Waals surface area contributed by atoms with E-state index in [2.05, 4.69) is 15.5 Å². The van der Waals surface area contributed by atoms with Crippen LogP contribution < -0.4 is 5.32 Å². The van der Waals surface area contributed by atoms with E-state index in [9.17, 15) is 4.79 Å². The molecule has 0 unspecified atom stereocenters. The molecule has 0 bridgehead atoms. The van der Waals surface area contributed by atoms with Crippen LogP contribution in [0.3, 0.4) is 0 Å². The first-order valence-corrected chi connectivity index (χ1v) is 8.52. The fourth-order valence-electron chi connectivity index (χ4n) is 2.34. The number of thiophene rings is 1. The van der Waals surface area contributed by atoms with E-state index in [1.165, 1.54) is 11.3 Å². The Hall–Kier alpha value is -3.25. The number of benzene rings is 2. The molecule has 2 heterocycles. The van der Waals surface area contributed by atoms with Gasteiger partial charge in [0.1, 0.15) is 0 Å². The Labute approximate surface area is 148 Å². The third-order valence-electron chi connectivity index (χ3n) is 3.59. The van der Waals surface area contributed by atoms with Crippen LogP contribution in [0.5, 0.6) is 0 Å². The van der Waals surface area contributed by atoms with Crippen molar-refractivity contribution in [3.8, 4) is 22.8 Å². The fourth-order valence-corrected chi connectivity index (χ4v) is 2.96. The average Bonchev–Trinajstić information content (AvgIpc) is 3.35. The SMILES string of the molecule is O=C(Nc1ccc(-c2nc(-c3ccccc3)no2)cc1)c1cccs1. The maximum absolute atomic E-state index is 12.0. The first kappa shape index (κ1) is 15.3. The van der Waals surface area contributed by atoms with Crippen molar-refractivity contribution in [2.24, 2.45) is 0 Å². The van der Waals surface area contributed by atoms with E-state index in [0.29, 0.717) is 22.3 Å². The van der Waals surface area contributed by atoms with Gasteiger partial charge in [0, 0.05) is 16.8 Å². The van der Waals surface area contributed by atoms with Crippen LogP contribution in [-0.4, -0.2) is 16.0 Å². The molecule has 0 aliphatic rings. The Morgan fingerprint density at radius 3 is 2.44 bits per heavy atom. The van der Waals surface area contributed by atoms with E-state index in [0.717, 1.165) is 11.1 Å². The first-order chi connectivity index (χ1) is 12.3. The van der Waals surface area contributed by atoms with Crippen LogP contribution in [0.4, 0.5) is 5.69 Å². The minimum atomic E-state index is -0.119. The quantitative estimate of drug-likeness (QED) is 0.580. The summed E-state index contributed by atoms with van der Waals surface area (Å²) >= 11 is 1.41. The lowest BCUT2D eigenvalue weighted by Crippen LogP contribution is -2.09. The Balaban J connectivity index is 1.51. The number of nitrogens with one attached hydrogen (secondary N) is 1. The third kappa shape index (κ3) is 3.34. The Morgan fingerprint density at radius 2 is 1.72 bits per heavy atom. The fraction of sp³-hybridized carbons (Fsp3) is 0. The van der Waals surface area contributed by atoms with Gasteiger partial charge in [0.05, 0.1) is 4.88 Å².